The van der Waals surface area contributed by atoms with Crippen LogP contribution in [-0.2, 0) is 0 Å². The van der Waals surface area contributed by atoms with Crippen LogP contribution in [0.2, 0.25) is 5.82 Å². The molecule has 0 aliphatic heterocycles. The van der Waals surface area contributed by atoms with Crippen LogP contribution in [0.3, 0.4) is 0 Å². The second-order valence-corrected chi connectivity index (χ2v) is 3.16. The normalized spacial score (nSPS) is 33.9. The Kier molecular flexibility index (Phi) is 3.22. The molecular weight excluding hydrogens is 177 g/mol. The molecule has 2 nitrogen and oxygen atoms in total. The molecule has 5 heteroatoms. The lowest BCUT2D eigenvalue weighted by atomic mass is 9.70. The van der Waals surface area contributed by atoms with E-state index in [4.69, 9.17) is 10.0 Å². The summed E-state index contributed by atoms with van der Waals surface area (Å²) < 4.78 is 26.0. The third-order valence-electron chi connectivity index (χ3n) is 2.09. The van der Waals surface area contributed by atoms with Crippen molar-refractivity contribution in [2.75, 3.05) is 0 Å². The number of halogens is 2. The zero-order valence-corrected chi connectivity index (χ0v) is 7.19. The standard InChI is InChI=1S/C8H11BF2O2/c1-5-2-3-6(9(12)13)8(11)4-7(5)10/h2-6,8,12-13H,1H3. The van der Waals surface area contributed by atoms with Crippen molar-refractivity contribution >= 4 is 7.12 Å². The van der Waals surface area contributed by atoms with Crippen molar-refractivity contribution in [3.63, 3.8) is 0 Å². The highest BCUT2D eigenvalue weighted by Crippen LogP contribution is 2.28. The summed E-state index contributed by atoms with van der Waals surface area (Å²) in [6.07, 6.45) is 1.83. The predicted molar refractivity (Wildman–Crippen MR) is 46.3 cm³/mol. The second kappa shape index (κ2) is 4.02. The predicted octanol–water partition coefficient (Wildman–Crippen LogP) is 1.23. The van der Waals surface area contributed by atoms with Gasteiger partial charge in [-0.05, 0) is 6.08 Å². The first-order valence-electron chi connectivity index (χ1n) is 4.08. The monoisotopic (exact) mass is 188 g/mol. The van der Waals surface area contributed by atoms with Crippen molar-refractivity contribution in [2.45, 2.75) is 18.9 Å². The number of hydrogen-bond acceptors (Lipinski definition) is 2. The van der Waals surface area contributed by atoms with E-state index >= 15 is 0 Å². The van der Waals surface area contributed by atoms with E-state index in [1.54, 1.807) is 6.92 Å². The van der Waals surface area contributed by atoms with Gasteiger partial charge in [-0.3, -0.25) is 0 Å². The lowest BCUT2D eigenvalue weighted by molar-refractivity contribution is 0.332. The lowest BCUT2D eigenvalue weighted by Crippen LogP contribution is -2.25. The Labute approximate surface area is 75.7 Å². The van der Waals surface area contributed by atoms with Crippen LogP contribution in [0.15, 0.2) is 24.1 Å². The van der Waals surface area contributed by atoms with E-state index < -0.39 is 30.9 Å². The Hall–Kier alpha value is -0.675. The van der Waals surface area contributed by atoms with Crippen molar-refractivity contribution in [2.24, 2.45) is 5.92 Å². The fraction of sp³-hybridized carbons (Fsp3) is 0.500. The van der Waals surface area contributed by atoms with Crippen molar-refractivity contribution in [1.82, 2.24) is 0 Å². The van der Waals surface area contributed by atoms with Crippen LogP contribution in [0.4, 0.5) is 8.78 Å². The molecule has 2 N–H and O–H groups in total. The van der Waals surface area contributed by atoms with Crippen LogP contribution in [0.25, 0.3) is 0 Å². The molecule has 13 heavy (non-hydrogen) atoms. The smallest absolute Gasteiger partial charge is 0.427 e. The van der Waals surface area contributed by atoms with Gasteiger partial charge in [0.25, 0.3) is 0 Å². The van der Waals surface area contributed by atoms with Crippen LogP contribution in [-0.4, -0.2) is 23.3 Å². The van der Waals surface area contributed by atoms with E-state index in [1.165, 1.54) is 12.2 Å². The van der Waals surface area contributed by atoms with Gasteiger partial charge in [0.15, 0.2) is 0 Å². The first-order valence-corrected chi connectivity index (χ1v) is 4.08. The molecule has 72 valence electrons. The SMILES string of the molecule is CC1C=CC(B(O)O)C(F)C=C1F. The van der Waals surface area contributed by atoms with Gasteiger partial charge in [0.2, 0.25) is 0 Å². The largest absolute Gasteiger partial charge is 0.462 e. The Bertz CT molecular complexity index is 240. The van der Waals surface area contributed by atoms with Crippen LogP contribution < -0.4 is 0 Å². The highest BCUT2D eigenvalue weighted by Gasteiger charge is 2.31. The summed E-state index contributed by atoms with van der Waals surface area (Å²) in [6, 6.07) is 0. The molecule has 0 spiro atoms. The van der Waals surface area contributed by atoms with Crippen LogP contribution >= 0.6 is 0 Å². The molecule has 0 aromatic heterocycles. The Morgan fingerprint density at radius 2 is 2.00 bits per heavy atom. The van der Waals surface area contributed by atoms with Gasteiger partial charge in [-0.1, -0.05) is 19.1 Å². The fourth-order valence-corrected chi connectivity index (χ4v) is 1.17. The Morgan fingerprint density at radius 1 is 1.38 bits per heavy atom. The van der Waals surface area contributed by atoms with Crippen molar-refractivity contribution in [1.29, 1.82) is 0 Å². The fourth-order valence-electron chi connectivity index (χ4n) is 1.17. The molecule has 0 bridgehead atoms. The lowest BCUT2D eigenvalue weighted by Gasteiger charge is -2.11. The average Bonchev–Trinajstić information content (AvgIpc) is 2.13. The highest BCUT2D eigenvalue weighted by atomic mass is 19.1. The molecule has 1 aliphatic rings. The van der Waals surface area contributed by atoms with Gasteiger partial charge in [0, 0.05) is 11.7 Å². The van der Waals surface area contributed by atoms with E-state index in [0.717, 1.165) is 6.08 Å². The molecule has 3 unspecified atom stereocenters. The van der Waals surface area contributed by atoms with E-state index in [0.29, 0.717) is 0 Å². The molecule has 0 aromatic rings. The van der Waals surface area contributed by atoms with E-state index in [1.807, 2.05) is 0 Å². The van der Waals surface area contributed by atoms with Crippen molar-refractivity contribution < 1.29 is 18.8 Å². The molecule has 0 saturated carbocycles. The maximum Gasteiger partial charge on any atom is 0.462 e. The summed E-state index contributed by atoms with van der Waals surface area (Å²) in [5, 5.41) is 17.5. The van der Waals surface area contributed by atoms with Crippen LogP contribution in [0, 0.1) is 5.92 Å². The average molecular weight is 188 g/mol. The van der Waals surface area contributed by atoms with E-state index in [-0.39, 0.29) is 0 Å². The number of hydrogen-bond donors (Lipinski definition) is 2. The molecule has 0 radical (unpaired) electrons. The summed E-state index contributed by atoms with van der Waals surface area (Å²) in [6.45, 7) is 1.57. The first kappa shape index (κ1) is 10.4. The molecule has 0 amide bonds. The van der Waals surface area contributed by atoms with Crippen molar-refractivity contribution in [3.8, 4) is 0 Å². The van der Waals surface area contributed by atoms with Gasteiger partial charge >= 0.3 is 7.12 Å². The second-order valence-electron chi connectivity index (χ2n) is 3.16. The topological polar surface area (TPSA) is 40.5 Å². The summed E-state index contributed by atoms with van der Waals surface area (Å²) >= 11 is 0. The summed E-state index contributed by atoms with van der Waals surface area (Å²) in [5.74, 6) is -2.15. The highest BCUT2D eigenvalue weighted by molar-refractivity contribution is 6.44. The quantitative estimate of drug-likeness (QED) is 0.479. The maximum absolute atomic E-state index is 13.1. The zero-order chi connectivity index (χ0) is 10.0. The van der Waals surface area contributed by atoms with Gasteiger partial charge in [-0.25, -0.2) is 8.78 Å². The molecule has 3 atom stereocenters. The summed E-state index contributed by atoms with van der Waals surface area (Å²) in [5.41, 5.74) is 0. The molecule has 1 rings (SSSR count). The third kappa shape index (κ3) is 2.38. The summed E-state index contributed by atoms with van der Waals surface area (Å²) in [7, 11) is -1.79. The van der Waals surface area contributed by atoms with Gasteiger partial charge in [0.05, 0.1) is 0 Å². The van der Waals surface area contributed by atoms with E-state index in [9.17, 15) is 8.78 Å². The van der Waals surface area contributed by atoms with Crippen molar-refractivity contribution in [3.05, 3.63) is 24.1 Å². The van der Waals surface area contributed by atoms with E-state index in [2.05, 4.69) is 0 Å². The molecular formula is C8H11BF2O2. The van der Waals surface area contributed by atoms with Gasteiger partial charge in [0.1, 0.15) is 12.0 Å². The minimum Gasteiger partial charge on any atom is -0.427 e. The summed E-state index contributed by atoms with van der Waals surface area (Å²) in [4.78, 5) is 0. The maximum atomic E-state index is 13.1. The zero-order valence-electron chi connectivity index (χ0n) is 7.19. The molecule has 1 aliphatic carbocycles. The Balaban J connectivity index is 2.87. The minimum absolute atomic E-state index is 0.498. The molecule has 0 saturated heterocycles. The minimum atomic E-state index is -1.79. The van der Waals surface area contributed by atoms with Gasteiger partial charge < -0.3 is 10.0 Å². The number of alkyl halides is 1. The Morgan fingerprint density at radius 3 is 2.54 bits per heavy atom. The first-order chi connectivity index (χ1) is 6.02. The molecule has 0 heterocycles. The number of rotatable bonds is 1. The molecule has 0 fully saturated rings. The molecule has 0 aromatic carbocycles. The van der Waals surface area contributed by atoms with Crippen LogP contribution in [0.5, 0.6) is 0 Å². The van der Waals surface area contributed by atoms with Gasteiger partial charge in [-0.15, -0.1) is 0 Å². The third-order valence-corrected chi connectivity index (χ3v) is 2.09. The van der Waals surface area contributed by atoms with Gasteiger partial charge in [-0.2, -0.15) is 0 Å². The van der Waals surface area contributed by atoms with Crippen LogP contribution in [0.1, 0.15) is 6.92 Å². The number of allylic oxidation sites excluding steroid dienone is 4.